The minimum absolute atomic E-state index is 0.0184. The lowest BCUT2D eigenvalue weighted by Gasteiger charge is -2.42. The number of hydrogen-bond donors (Lipinski definition) is 0. The zero-order valence-corrected chi connectivity index (χ0v) is 35.6. The summed E-state index contributed by atoms with van der Waals surface area (Å²) in [6, 6.07) is 51.4. The summed E-state index contributed by atoms with van der Waals surface area (Å²) in [7, 11) is 0. The third-order valence-corrected chi connectivity index (χ3v) is 12.7. The summed E-state index contributed by atoms with van der Waals surface area (Å²) in [5.41, 5.74) is 22.7. The molecule has 0 N–H and O–H groups in total. The van der Waals surface area contributed by atoms with Gasteiger partial charge in [0.1, 0.15) is 0 Å². The summed E-state index contributed by atoms with van der Waals surface area (Å²) in [6.07, 6.45) is 0. The van der Waals surface area contributed by atoms with Gasteiger partial charge in [0.25, 0.3) is 6.71 Å². The predicted molar refractivity (Wildman–Crippen MR) is 251 cm³/mol. The van der Waals surface area contributed by atoms with Crippen molar-refractivity contribution in [2.75, 3.05) is 9.80 Å². The molecule has 10 rings (SSSR count). The van der Waals surface area contributed by atoms with E-state index in [0.717, 1.165) is 22.7 Å². The summed E-state index contributed by atoms with van der Waals surface area (Å²) in [5.74, 6) is 0. The summed E-state index contributed by atoms with van der Waals surface area (Å²) in [6.45, 7) is 22.9. The van der Waals surface area contributed by atoms with Crippen molar-refractivity contribution in [2.24, 2.45) is 0 Å². The fourth-order valence-corrected chi connectivity index (χ4v) is 9.48. The van der Waals surface area contributed by atoms with Gasteiger partial charge in [-0.05, 0) is 139 Å². The van der Waals surface area contributed by atoms with Gasteiger partial charge >= 0.3 is 0 Å². The van der Waals surface area contributed by atoms with E-state index < -0.39 is 0 Å². The molecular weight excluding hydrogens is 701 g/mol. The molecular formula is C54H52BN3. The number of nitrogens with zero attached hydrogens (tertiary/aromatic N) is 3. The van der Waals surface area contributed by atoms with Gasteiger partial charge in [0.05, 0.1) is 11.2 Å². The smallest absolute Gasteiger partial charge is 0.252 e. The predicted octanol–water partition coefficient (Wildman–Crippen LogP) is 12.7. The molecule has 2 aliphatic heterocycles. The molecule has 0 amide bonds. The zero-order chi connectivity index (χ0) is 40.4. The second-order valence-electron chi connectivity index (χ2n) is 19.1. The molecule has 3 heterocycles. The van der Waals surface area contributed by atoms with Gasteiger partial charge in [0.15, 0.2) is 0 Å². The van der Waals surface area contributed by atoms with Gasteiger partial charge in [-0.1, -0.05) is 124 Å². The van der Waals surface area contributed by atoms with E-state index in [-0.39, 0.29) is 17.5 Å². The number of rotatable bonds is 4. The topological polar surface area (TPSA) is 11.4 Å². The van der Waals surface area contributed by atoms with E-state index in [1.807, 2.05) is 0 Å². The van der Waals surface area contributed by atoms with E-state index in [2.05, 4.69) is 217 Å². The molecule has 0 spiro atoms. The van der Waals surface area contributed by atoms with Crippen LogP contribution in [0, 0.1) is 27.7 Å². The highest BCUT2D eigenvalue weighted by Crippen LogP contribution is 2.47. The molecule has 1 aromatic heterocycles. The van der Waals surface area contributed by atoms with Crippen molar-refractivity contribution < 1.29 is 0 Å². The average Bonchev–Trinajstić information content (AvgIpc) is 3.52. The Morgan fingerprint density at radius 3 is 1.60 bits per heavy atom. The van der Waals surface area contributed by atoms with E-state index >= 15 is 0 Å². The molecule has 58 heavy (non-hydrogen) atoms. The molecule has 4 heteroatoms. The Morgan fingerprint density at radius 1 is 0.448 bits per heavy atom. The molecule has 2 aliphatic rings. The Bertz CT molecular complexity index is 2890. The van der Waals surface area contributed by atoms with Crippen molar-refractivity contribution in [3.8, 4) is 5.69 Å². The normalized spacial score (nSPS) is 13.3. The lowest BCUT2D eigenvalue weighted by molar-refractivity contribution is 0.590. The van der Waals surface area contributed by atoms with Crippen molar-refractivity contribution in [3.05, 3.63) is 167 Å². The molecule has 0 bridgehead atoms. The minimum Gasteiger partial charge on any atom is -0.311 e. The Labute approximate surface area is 344 Å². The van der Waals surface area contributed by atoms with Gasteiger partial charge in [-0.25, -0.2) is 0 Å². The Hall–Kier alpha value is -6.00. The monoisotopic (exact) mass is 753 g/mol. The van der Waals surface area contributed by atoms with E-state index in [4.69, 9.17) is 0 Å². The van der Waals surface area contributed by atoms with Crippen molar-refractivity contribution in [2.45, 2.75) is 80.1 Å². The van der Waals surface area contributed by atoms with Gasteiger partial charge in [-0.2, -0.15) is 0 Å². The van der Waals surface area contributed by atoms with Crippen LogP contribution in [0.3, 0.4) is 0 Å². The van der Waals surface area contributed by atoms with Crippen LogP contribution < -0.4 is 26.2 Å². The van der Waals surface area contributed by atoms with Gasteiger partial charge in [0, 0.05) is 50.4 Å². The van der Waals surface area contributed by atoms with Crippen molar-refractivity contribution >= 4 is 79.0 Å². The fraction of sp³-hybridized carbons (Fsp3) is 0.222. The first-order valence-corrected chi connectivity index (χ1v) is 20.9. The molecule has 0 aliphatic carbocycles. The highest BCUT2D eigenvalue weighted by atomic mass is 15.2. The third-order valence-electron chi connectivity index (χ3n) is 12.7. The Kier molecular flexibility index (Phi) is 7.99. The number of benzene rings is 7. The van der Waals surface area contributed by atoms with Crippen molar-refractivity contribution in [3.63, 3.8) is 0 Å². The van der Waals surface area contributed by atoms with Crippen LogP contribution in [-0.4, -0.2) is 11.3 Å². The minimum atomic E-state index is -0.0334. The first-order chi connectivity index (χ1) is 27.7. The molecule has 3 nitrogen and oxygen atoms in total. The van der Waals surface area contributed by atoms with Crippen LogP contribution >= 0.6 is 0 Å². The van der Waals surface area contributed by atoms with E-state index in [9.17, 15) is 0 Å². The van der Waals surface area contributed by atoms with Crippen LogP contribution in [0.2, 0.25) is 0 Å². The van der Waals surface area contributed by atoms with Gasteiger partial charge in [-0.15, -0.1) is 0 Å². The summed E-state index contributed by atoms with van der Waals surface area (Å²) < 4.78 is 2.62. The first kappa shape index (κ1) is 36.4. The van der Waals surface area contributed by atoms with Crippen LogP contribution in [0.25, 0.3) is 27.5 Å². The number of aromatic nitrogens is 1. The molecule has 8 aromatic rings. The van der Waals surface area contributed by atoms with Crippen LogP contribution in [-0.2, 0) is 10.8 Å². The Morgan fingerprint density at radius 2 is 1.00 bits per heavy atom. The largest absolute Gasteiger partial charge is 0.311 e. The van der Waals surface area contributed by atoms with Gasteiger partial charge < -0.3 is 14.4 Å². The number of hydrogen-bond acceptors (Lipinski definition) is 2. The van der Waals surface area contributed by atoms with Crippen LogP contribution in [0.5, 0.6) is 0 Å². The molecule has 0 unspecified atom stereocenters. The maximum Gasteiger partial charge on any atom is 0.252 e. The van der Waals surface area contributed by atoms with E-state index in [1.54, 1.807) is 0 Å². The molecule has 0 radical (unpaired) electrons. The maximum atomic E-state index is 2.62. The number of aryl methyl sites for hydroxylation is 4. The van der Waals surface area contributed by atoms with Crippen molar-refractivity contribution in [1.82, 2.24) is 4.57 Å². The van der Waals surface area contributed by atoms with E-state index in [0.29, 0.717) is 0 Å². The van der Waals surface area contributed by atoms with Crippen LogP contribution in [0.15, 0.2) is 133 Å². The summed E-state index contributed by atoms with van der Waals surface area (Å²) in [5, 5.41) is 2.66. The second kappa shape index (κ2) is 12.8. The maximum absolute atomic E-state index is 2.62. The molecule has 0 saturated heterocycles. The first-order valence-electron chi connectivity index (χ1n) is 20.9. The highest BCUT2D eigenvalue weighted by molar-refractivity contribution is 7.00. The zero-order valence-electron chi connectivity index (χ0n) is 35.6. The fourth-order valence-electron chi connectivity index (χ4n) is 9.48. The van der Waals surface area contributed by atoms with Gasteiger partial charge in [0.2, 0.25) is 0 Å². The standard InChI is InChI=1S/C54H52BN3/c1-33-11-19-39(20-12-33)56(40-21-13-34(2)14-22-40)42-31-49-51-50(32-42)58-47-26-18-37(53(5,6)7)28-43(47)44-29-38(54(8,9)10)30-46(52(44)58)55(51)45-27-36(4)17-25-48(45)57(49)41-23-15-35(3)16-24-41/h11-32H,1-10H3. The third kappa shape index (κ3) is 5.63. The number of anilines is 6. The van der Waals surface area contributed by atoms with Crippen LogP contribution in [0.1, 0.15) is 74.9 Å². The molecule has 286 valence electrons. The molecule has 0 fully saturated rings. The second-order valence-corrected chi connectivity index (χ2v) is 19.1. The summed E-state index contributed by atoms with van der Waals surface area (Å²) >= 11 is 0. The van der Waals surface area contributed by atoms with Gasteiger partial charge in [-0.3, -0.25) is 0 Å². The molecule has 0 atom stereocenters. The molecule has 7 aromatic carbocycles. The van der Waals surface area contributed by atoms with Crippen molar-refractivity contribution in [1.29, 1.82) is 0 Å². The SMILES string of the molecule is Cc1ccc(N(c2ccc(C)cc2)c2cc3c4c(c2)-n2c5ccc(C(C)(C)C)cc5c5cc(C(C)(C)C)cc(c52)B4c2cc(C)ccc2N3c2ccc(C)cc2)cc1. The van der Waals surface area contributed by atoms with E-state index in [1.165, 1.54) is 88.6 Å². The Balaban J connectivity index is 1.39. The lowest BCUT2D eigenvalue weighted by atomic mass is 9.33. The summed E-state index contributed by atoms with van der Waals surface area (Å²) in [4.78, 5) is 4.98. The van der Waals surface area contributed by atoms with Crippen LogP contribution in [0.4, 0.5) is 34.1 Å². The molecule has 0 saturated carbocycles. The number of fused-ring (bicyclic) bond motifs is 7. The lowest BCUT2D eigenvalue weighted by Crippen LogP contribution is -2.60. The average molecular weight is 754 g/mol. The highest BCUT2D eigenvalue weighted by Gasteiger charge is 2.43. The quantitative estimate of drug-likeness (QED) is 0.166.